The predicted molar refractivity (Wildman–Crippen MR) is 64.6 cm³/mol. The molecule has 0 saturated carbocycles. The van der Waals surface area contributed by atoms with Crippen molar-refractivity contribution < 1.29 is 9.90 Å². The van der Waals surface area contributed by atoms with E-state index in [2.05, 4.69) is 17.1 Å². The summed E-state index contributed by atoms with van der Waals surface area (Å²) in [4.78, 5) is 17.3. The van der Waals surface area contributed by atoms with Crippen LogP contribution in [0.4, 0.5) is 0 Å². The van der Waals surface area contributed by atoms with Crippen molar-refractivity contribution in [1.29, 1.82) is 0 Å². The molecule has 1 aliphatic heterocycles. The van der Waals surface area contributed by atoms with Gasteiger partial charge in [-0.05, 0) is 43.4 Å². The van der Waals surface area contributed by atoms with Crippen LogP contribution in [0.25, 0.3) is 0 Å². The molecule has 17 heavy (non-hydrogen) atoms. The fourth-order valence-corrected chi connectivity index (χ4v) is 2.38. The number of rotatable bonds is 2. The Morgan fingerprint density at radius 3 is 2.82 bits per heavy atom. The van der Waals surface area contributed by atoms with E-state index >= 15 is 0 Å². The number of carbonyl (C=O) groups excluding carboxylic acids is 1. The van der Waals surface area contributed by atoms with Crippen LogP contribution in [0.15, 0.2) is 18.3 Å². The van der Waals surface area contributed by atoms with Gasteiger partial charge < -0.3 is 10.0 Å². The van der Waals surface area contributed by atoms with E-state index in [4.69, 9.17) is 5.11 Å². The van der Waals surface area contributed by atoms with Gasteiger partial charge in [0.15, 0.2) is 0 Å². The Kier molecular flexibility index (Phi) is 3.74. The first-order valence-electron chi connectivity index (χ1n) is 6.02. The number of pyridine rings is 1. The molecule has 1 aromatic heterocycles. The summed E-state index contributed by atoms with van der Waals surface area (Å²) in [6.45, 7) is 3.10. The van der Waals surface area contributed by atoms with Crippen LogP contribution < -0.4 is 0 Å². The van der Waals surface area contributed by atoms with Crippen LogP contribution in [0.2, 0.25) is 0 Å². The highest BCUT2D eigenvalue weighted by atomic mass is 16.3. The summed E-state index contributed by atoms with van der Waals surface area (Å²) in [5.74, 6) is 0.355. The second kappa shape index (κ2) is 5.27. The number of nitrogens with zero attached hydrogens (tertiary/aromatic N) is 2. The summed E-state index contributed by atoms with van der Waals surface area (Å²) in [7, 11) is 0. The van der Waals surface area contributed by atoms with E-state index < -0.39 is 0 Å². The van der Waals surface area contributed by atoms with Crippen molar-refractivity contribution in [1.82, 2.24) is 9.88 Å². The number of aryl methyl sites for hydroxylation is 1. The van der Waals surface area contributed by atoms with Crippen molar-refractivity contribution in [2.75, 3.05) is 19.7 Å². The molecule has 0 spiro atoms. The van der Waals surface area contributed by atoms with E-state index in [0.717, 1.165) is 31.6 Å². The average Bonchev–Trinajstić information content (AvgIpc) is 2.38. The second-order valence-electron chi connectivity index (χ2n) is 4.54. The molecule has 4 nitrogen and oxygen atoms in total. The van der Waals surface area contributed by atoms with Gasteiger partial charge in [0.1, 0.15) is 6.61 Å². The van der Waals surface area contributed by atoms with Gasteiger partial charge in [-0.3, -0.25) is 9.78 Å². The molecule has 4 heteroatoms. The Morgan fingerprint density at radius 1 is 1.53 bits per heavy atom. The lowest BCUT2D eigenvalue weighted by atomic mass is 9.89. The number of aliphatic hydroxyl groups excluding tert-OH is 1. The van der Waals surface area contributed by atoms with Crippen LogP contribution in [0.1, 0.15) is 30.0 Å². The molecule has 2 rings (SSSR count). The number of carbonyl (C=O) groups is 1. The number of aromatic nitrogens is 1. The third-order valence-corrected chi connectivity index (χ3v) is 3.38. The molecule has 2 heterocycles. The van der Waals surface area contributed by atoms with Crippen LogP contribution >= 0.6 is 0 Å². The lowest BCUT2D eigenvalue weighted by Gasteiger charge is -2.31. The fourth-order valence-electron chi connectivity index (χ4n) is 2.38. The zero-order valence-corrected chi connectivity index (χ0v) is 10.1. The average molecular weight is 234 g/mol. The first-order chi connectivity index (χ1) is 8.20. The largest absolute Gasteiger partial charge is 0.387 e. The highest BCUT2D eigenvalue weighted by Gasteiger charge is 2.23. The van der Waals surface area contributed by atoms with Crippen molar-refractivity contribution in [2.24, 2.45) is 0 Å². The number of aliphatic hydroxyl groups is 1. The molecule has 92 valence electrons. The quantitative estimate of drug-likeness (QED) is 0.833. The lowest BCUT2D eigenvalue weighted by molar-refractivity contribution is -0.135. The van der Waals surface area contributed by atoms with E-state index in [9.17, 15) is 4.79 Å². The Balaban J connectivity index is 1.97. The number of hydrogen-bond acceptors (Lipinski definition) is 3. The molecular formula is C13H18N2O2. The molecule has 1 fully saturated rings. The molecule has 1 aromatic rings. The SMILES string of the molecule is Cc1cc(C2CCN(C(=O)CO)CC2)ccn1. The van der Waals surface area contributed by atoms with Gasteiger partial charge in [0.25, 0.3) is 0 Å². The zero-order valence-electron chi connectivity index (χ0n) is 10.1. The van der Waals surface area contributed by atoms with Gasteiger partial charge >= 0.3 is 0 Å². The minimum absolute atomic E-state index is 0.158. The topological polar surface area (TPSA) is 53.4 Å². The Hall–Kier alpha value is -1.42. The first kappa shape index (κ1) is 12.0. The highest BCUT2D eigenvalue weighted by molar-refractivity contribution is 5.77. The highest BCUT2D eigenvalue weighted by Crippen LogP contribution is 2.27. The number of amides is 1. The molecule has 0 aromatic carbocycles. The zero-order chi connectivity index (χ0) is 12.3. The summed E-state index contributed by atoms with van der Waals surface area (Å²) in [6.07, 6.45) is 3.78. The maximum Gasteiger partial charge on any atom is 0.248 e. The van der Waals surface area contributed by atoms with Gasteiger partial charge in [-0.15, -0.1) is 0 Å². The summed E-state index contributed by atoms with van der Waals surface area (Å²) < 4.78 is 0. The van der Waals surface area contributed by atoms with Crippen LogP contribution in [0.3, 0.4) is 0 Å². The molecule has 0 aliphatic carbocycles. The third-order valence-electron chi connectivity index (χ3n) is 3.38. The lowest BCUT2D eigenvalue weighted by Crippen LogP contribution is -2.39. The van der Waals surface area contributed by atoms with Gasteiger partial charge in [0.2, 0.25) is 5.91 Å². The molecule has 1 aliphatic rings. The van der Waals surface area contributed by atoms with Crippen molar-refractivity contribution in [3.8, 4) is 0 Å². The molecule has 1 amide bonds. The Morgan fingerprint density at radius 2 is 2.24 bits per heavy atom. The predicted octanol–water partition coefficient (Wildman–Crippen LogP) is 1.09. The van der Waals surface area contributed by atoms with Crippen molar-refractivity contribution in [3.63, 3.8) is 0 Å². The van der Waals surface area contributed by atoms with Gasteiger partial charge in [-0.25, -0.2) is 0 Å². The van der Waals surface area contributed by atoms with Crippen molar-refractivity contribution in [2.45, 2.75) is 25.7 Å². The number of hydrogen-bond donors (Lipinski definition) is 1. The van der Waals surface area contributed by atoms with Crippen LogP contribution in [-0.4, -0.2) is 40.6 Å². The molecule has 0 bridgehead atoms. The minimum Gasteiger partial charge on any atom is -0.387 e. The maximum atomic E-state index is 11.3. The minimum atomic E-state index is -0.376. The molecule has 0 atom stereocenters. The van der Waals surface area contributed by atoms with Gasteiger partial charge in [-0.2, -0.15) is 0 Å². The van der Waals surface area contributed by atoms with E-state index in [1.807, 2.05) is 13.1 Å². The van der Waals surface area contributed by atoms with Crippen LogP contribution in [-0.2, 0) is 4.79 Å². The number of piperidine rings is 1. The van der Waals surface area contributed by atoms with E-state index in [-0.39, 0.29) is 12.5 Å². The molecular weight excluding hydrogens is 216 g/mol. The summed E-state index contributed by atoms with van der Waals surface area (Å²) in [5.41, 5.74) is 2.35. The van der Waals surface area contributed by atoms with E-state index in [1.54, 1.807) is 4.90 Å². The smallest absolute Gasteiger partial charge is 0.248 e. The van der Waals surface area contributed by atoms with Crippen LogP contribution in [0.5, 0.6) is 0 Å². The summed E-state index contributed by atoms with van der Waals surface area (Å²) in [5, 5.41) is 8.81. The second-order valence-corrected chi connectivity index (χ2v) is 4.54. The van der Waals surface area contributed by atoms with Gasteiger partial charge in [-0.1, -0.05) is 0 Å². The standard InChI is InChI=1S/C13H18N2O2/c1-10-8-12(2-5-14-10)11-3-6-15(7-4-11)13(17)9-16/h2,5,8,11,16H,3-4,6-7,9H2,1H3. The van der Waals surface area contributed by atoms with E-state index in [1.165, 1.54) is 5.56 Å². The Bertz CT molecular complexity index is 398. The van der Waals surface area contributed by atoms with Gasteiger partial charge in [0.05, 0.1) is 0 Å². The monoisotopic (exact) mass is 234 g/mol. The molecule has 0 unspecified atom stereocenters. The fraction of sp³-hybridized carbons (Fsp3) is 0.538. The maximum absolute atomic E-state index is 11.3. The third kappa shape index (κ3) is 2.82. The summed E-state index contributed by atoms with van der Waals surface area (Å²) in [6, 6.07) is 4.18. The first-order valence-corrected chi connectivity index (χ1v) is 6.02. The Labute approximate surface area is 101 Å². The normalized spacial score (nSPS) is 17.2. The molecule has 1 saturated heterocycles. The number of likely N-dealkylation sites (tertiary alicyclic amines) is 1. The van der Waals surface area contributed by atoms with Crippen molar-refractivity contribution >= 4 is 5.91 Å². The summed E-state index contributed by atoms with van der Waals surface area (Å²) >= 11 is 0. The van der Waals surface area contributed by atoms with Crippen LogP contribution in [0, 0.1) is 6.92 Å². The van der Waals surface area contributed by atoms with E-state index in [0.29, 0.717) is 5.92 Å². The van der Waals surface area contributed by atoms with Crippen molar-refractivity contribution in [3.05, 3.63) is 29.6 Å². The molecule has 0 radical (unpaired) electrons. The molecule has 1 N–H and O–H groups in total. The van der Waals surface area contributed by atoms with Gasteiger partial charge in [0, 0.05) is 25.0 Å².